The number of hydrogen-bond donors (Lipinski definition) is 0. The van der Waals surface area contributed by atoms with Gasteiger partial charge in [0.05, 0.1) is 18.9 Å². The van der Waals surface area contributed by atoms with Crippen molar-refractivity contribution < 1.29 is 13.9 Å². The second-order valence-corrected chi connectivity index (χ2v) is 9.85. The van der Waals surface area contributed by atoms with Gasteiger partial charge < -0.3 is 14.1 Å². The molecule has 6 rings (SSSR count). The number of benzene rings is 2. The highest BCUT2D eigenvalue weighted by molar-refractivity contribution is 5.95. The van der Waals surface area contributed by atoms with Gasteiger partial charge in [0.15, 0.2) is 5.69 Å². The molecule has 0 bridgehead atoms. The lowest BCUT2D eigenvalue weighted by Crippen LogP contribution is -2.50. The highest BCUT2D eigenvalue weighted by Crippen LogP contribution is 2.33. The van der Waals surface area contributed by atoms with Crippen LogP contribution in [0.3, 0.4) is 0 Å². The SMILES string of the molecule is Cc1c(C(=O)N2CCC(N3CCOCC3)CC2)nn(C)c1-c1cccc(-c2cc3ccccc3o2)c1. The molecule has 4 heterocycles. The number of ether oxygens (including phenoxy) is 1. The van der Waals surface area contributed by atoms with Gasteiger partial charge in [-0.2, -0.15) is 5.10 Å². The summed E-state index contributed by atoms with van der Waals surface area (Å²) < 4.78 is 13.4. The molecule has 2 aliphatic heterocycles. The quantitative estimate of drug-likeness (QED) is 0.419. The van der Waals surface area contributed by atoms with Crippen molar-refractivity contribution in [1.29, 1.82) is 0 Å². The summed E-state index contributed by atoms with van der Waals surface area (Å²) in [5.41, 5.74) is 5.32. The Labute approximate surface area is 211 Å². The van der Waals surface area contributed by atoms with E-state index in [4.69, 9.17) is 9.15 Å². The Hall–Kier alpha value is -3.42. The molecule has 0 unspecified atom stereocenters. The van der Waals surface area contributed by atoms with Crippen molar-refractivity contribution in [3.8, 4) is 22.6 Å². The lowest BCUT2D eigenvalue weighted by molar-refractivity contribution is 0.00151. The fourth-order valence-electron chi connectivity index (χ4n) is 5.71. The van der Waals surface area contributed by atoms with Crippen molar-refractivity contribution in [2.24, 2.45) is 7.05 Å². The maximum Gasteiger partial charge on any atom is 0.274 e. The first-order chi connectivity index (χ1) is 17.6. The molecule has 0 radical (unpaired) electrons. The molecule has 2 saturated heterocycles. The number of aryl methyl sites for hydroxylation is 1. The van der Waals surface area contributed by atoms with Gasteiger partial charge in [-0.05, 0) is 38.0 Å². The van der Waals surface area contributed by atoms with E-state index in [-0.39, 0.29) is 5.91 Å². The molecular formula is C29H32N4O3. The van der Waals surface area contributed by atoms with Gasteiger partial charge in [0, 0.05) is 61.3 Å². The Balaban J connectivity index is 1.22. The standard InChI is InChI=1S/C29H32N4O3/c1-20-27(29(34)33-12-10-24(11-13-33)32-14-16-35-17-15-32)30-31(2)28(20)23-8-5-7-21(18-23)26-19-22-6-3-4-9-25(22)36-26/h3-9,18-19,24H,10-17H2,1-2H3. The number of carbonyl (C=O) groups excluding carboxylic acids is 1. The molecule has 0 aliphatic carbocycles. The van der Waals surface area contributed by atoms with E-state index >= 15 is 0 Å². The van der Waals surface area contributed by atoms with Crippen molar-refractivity contribution >= 4 is 16.9 Å². The summed E-state index contributed by atoms with van der Waals surface area (Å²) >= 11 is 0. The summed E-state index contributed by atoms with van der Waals surface area (Å²) in [7, 11) is 1.91. The minimum Gasteiger partial charge on any atom is -0.456 e. The maximum absolute atomic E-state index is 13.5. The number of piperidine rings is 1. The van der Waals surface area contributed by atoms with E-state index < -0.39 is 0 Å². The van der Waals surface area contributed by atoms with Crippen LogP contribution in [0.15, 0.2) is 59.0 Å². The molecule has 36 heavy (non-hydrogen) atoms. The molecule has 0 spiro atoms. The number of aromatic nitrogens is 2. The van der Waals surface area contributed by atoms with Gasteiger partial charge >= 0.3 is 0 Å². The average molecular weight is 485 g/mol. The van der Waals surface area contributed by atoms with Gasteiger partial charge in [-0.1, -0.05) is 36.4 Å². The predicted octanol–water partition coefficient (Wildman–Crippen LogP) is 4.75. The van der Waals surface area contributed by atoms with Gasteiger partial charge in [0.2, 0.25) is 0 Å². The van der Waals surface area contributed by atoms with Gasteiger partial charge in [0.1, 0.15) is 11.3 Å². The molecule has 7 nitrogen and oxygen atoms in total. The summed E-state index contributed by atoms with van der Waals surface area (Å²) in [6.45, 7) is 7.16. The molecule has 1 amide bonds. The van der Waals surface area contributed by atoms with Crippen LogP contribution in [0.4, 0.5) is 0 Å². The number of carbonyl (C=O) groups is 1. The van der Waals surface area contributed by atoms with E-state index in [1.165, 1.54) is 0 Å². The van der Waals surface area contributed by atoms with Crippen LogP contribution >= 0.6 is 0 Å². The highest BCUT2D eigenvalue weighted by atomic mass is 16.5. The van der Waals surface area contributed by atoms with Gasteiger partial charge in [0.25, 0.3) is 5.91 Å². The first-order valence-corrected chi connectivity index (χ1v) is 12.8. The third-order valence-electron chi connectivity index (χ3n) is 7.65. The molecule has 2 aromatic carbocycles. The van der Waals surface area contributed by atoms with Crippen LogP contribution in [0.2, 0.25) is 0 Å². The molecule has 186 valence electrons. The Morgan fingerprint density at radius 2 is 1.69 bits per heavy atom. The molecule has 2 aromatic heterocycles. The van der Waals surface area contributed by atoms with Crippen LogP contribution in [0.25, 0.3) is 33.6 Å². The molecule has 0 saturated carbocycles. The summed E-state index contributed by atoms with van der Waals surface area (Å²) in [5.74, 6) is 0.862. The topological polar surface area (TPSA) is 63.7 Å². The Kier molecular flexibility index (Phi) is 6.11. The zero-order valence-electron chi connectivity index (χ0n) is 20.9. The Morgan fingerprint density at radius 3 is 2.47 bits per heavy atom. The number of morpholine rings is 1. The minimum atomic E-state index is 0.0308. The molecular weight excluding hydrogens is 452 g/mol. The number of rotatable bonds is 4. The van der Waals surface area contributed by atoms with Crippen LogP contribution < -0.4 is 0 Å². The van der Waals surface area contributed by atoms with Gasteiger partial charge in [-0.3, -0.25) is 14.4 Å². The third-order valence-corrected chi connectivity index (χ3v) is 7.65. The van der Waals surface area contributed by atoms with Crippen LogP contribution in [0.5, 0.6) is 0 Å². The number of hydrogen-bond acceptors (Lipinski definition) is 5. The first kappa shape index (κ1) is 23.0. The predicted molar refractivity (Wildman–Crippen MR) is 140 cm³/mol. The van der Waals surface area contributed by atoms with Crippen LogP contribution in [0, 0.1) is 6.92 Å². The number of likely N-dealkylation sites (tertiary alicyclic amines) is 1. The van der Waals surface area contributed by atoms with Gasteiger partial charge in [-0.15, -0.1) is 0 Å². The number of fused-ring (bicyclic) bond motifs is 1. The zero-order chi connectivity index (χ0) is 24.6. The fourth-order valence-corrected chi connectivity index (χ4v) is 5.71. The molecule has 2 aliphatic rings. The Bertz CT molecular complexity index is 1360. The molecule has 2 fully saturated rings. The van der Waals surface area contributed by atoms with E-state index in [0.29, 0.717) is 11.7 Å². The van der Waals surface area contributed by atoms with Crippen molar-refractivity contribution in [2.75, 3.05) is 39.4 Å². The fraction of sp³-hybridized carbons (Fsp3) is 0.379. The normalized spacial score (nSPS) is 17.7. The first-order valence-electron chi connectivity index (χ1n) is 12.8. The van der Waals surface area contributed by atoms with Crippen molar-refractivity contribution in [3.05, 3.63) is 65.9 Å². The minimum absolute atomic E-state index is 0.0308. The second kappa shape index (κ2) is 9.56. The van der Waals surface area contributed by atoms with Crippen molar-refractivity contribution in [3.63, 3.8) is 0 Å². The number of nitrogens with zero attached hydrogens (tertiary/aromatic N) is 4. The molecule has 4 aromatic rings. The molecule has 0 N–H and O–H groups in total. The summed E-state index contributed by atoms with van der Waals surface area (Å²) in [4.78, 5) is 18.0. The van der Waals surface area contributed by atoms with Crippen LogP contribution in [-0.4, -0.2) is 70.9 Å². The van der Waals surface area contributed by atoms with E-state index in [2.05, 4.69) is 40.3 Å². The number of furan rings is 1. The number of para-hydroxylation sites is 1. The Morgan fingerprint density at radius 1 is 0.944 bits per heavy atom. The van der Waals surface area contributed by atoms with E-state index in [0.717, 1.165) is 91.3 Å². The van der Waals surface area contributed by atoms with Crippen LogP contribution in [0.1, 0.15) is 28.9 Å². The monoisotopic (exact) mass is 484 g/mol. The highest BCUT2D eigenvalue weighted by Gasteiger charge is 2.30. The lowest BCUT2D eigenvalue weighted by atomic mass is 10.0. The zero-order valence-corrected chi connectivity index (χ0v) is 20.9. The average Bonchev–Trinajstić information content (AvgIpc) is 3.49. The largest absolute Gasteiger partial charge is 0.456 e. The molecule has 0 atom stereocenters. The van der Waals surface area contributed by atoms with Crippen LogP contribution in [-0.2, 0) is 11.8 Å². The summed E-state index contributed by atoms with van der Waals surface area (Å²) in [5, 5.41) is 5.77. The van der Waals surface area contributed by atoms with E-state index in [1.54, 1.807) is 0 Å². The van der Waals surface area contributed by atoms with Crippen molar-refractivity contribution in [1.82, 2.24) is 19.6 Å². The van der Waals surface area contributed by atoms with E-state index in [1.807, 2.05) is 47.8 Å². The smallest absolute Gasteiger partial charge is 0.274 e. The summed E-state index contributed by atoms with van der Waals surface area (Å²) in [6, 6.07) is 18.9. The second-order valence-electron chi connectivity index (χ2n) is 9.85. The van der Waals surface area contributed by atoms with E-state index in [9.17, 15) is 4.79 Å². The lowest BCUT2D eigenvalue weighted by Gasteiger charge is -2.39. The number of amides is 1. The van der Waals surface area contributed by atoms with Crippen molar-refractivity contribution in [2.45, 2.75) is 25.8 Å². The molecule has 7 heteroatoms. The maximum atomic E-state index is 13.5. The van der Waals surface area contributed by atoms with Gasteiger partial charge in [-0.25, -0.2) is 0 Å². The summed E-state index contributed by atoms with van der Waals surface area (Å²) in [6.07, 6.45) is 2.01. The third kappa shape index (κ3) is 4.22.